The van der Waals surface area contributed by atoms with E-state index in [9.17, 15) is 4.39 Å². The van der Waals surface area contributed by atoms with Crippen LogP contribution in [0.3, 0.4) is 0 Å². The number of nitrogens with zero attached hydrogens (tertiary/aromatic N) is 2. The fourth-order valence-electron chi connectivity index (χ4n) is 1.39. The molecular weight excluding hydrogens is 249 g/mol. The summed E-state index contributed by atoms with van der Waals surface area (Å²) >= 11 is 0. The van der Waals surface area contributed by atoms with Crippen LogP contribution in [0.15, 0.2) is 30.3 Å². The van der Waals surface area contributed by atoms with Gasteiger partial charge in [0.25, 0.3) is 0 Å². The van der Waals surface area contributed by atoms with E-state index in [1.807, 2.05) is 6.07 Å². The van der Waals surface area contributed by atoms with Crippen molar-refractivity contribution in [2.45, 2.75) is 0 Å². The molecular formula is C13H10FN3O2. The minimum absolute atomic E-state index is 0.0444. The molecule has 2 rings (SSSR count). The normalized spacial score (nSPS) is 9.74. The van der Waals surface area contributed by atoms with Crippen LogP contribution in [-0.4, -0.2) is 12.1 Å². The summed E-state index contributed by atoms with van der Waals surface area (Å²) in [7, 11) is 1.45. The number of hydrogen-bond donors (Lipinski definition) is 1. The average molecular weight is 259 g/mol. The highest BCUT2D eigenvalue weighted by Crippen LogP contribution is 2.29. The SMILES string of the molecule is COc1ccc(N)c(Oc2ccc(C#N)cc2F)n1. The first-order valence-electron chi connectivity index (χ1n) is 5.32. The lowest BCUT2D eigenvalue weighted by atomic mass is 10.2. The first kappa shape index (κ1) is 12.6. The van der Waals surface area contributed by atoms with Crippen LogP contribution in [0.4, 0.5) is 10.1 Å². The Hall–Kier alpha value is -2.81. The molecule has 2 N–H and O–H groups in total. The highest BCUT2D eigenvalue weighted by Gasteiger charge is 2.10. The summed E-state index contributed by atoms with van der Waals surface area (Å²) in [5.41, 5.74) is 6.14. The van der Waals surface area contributed by atoms with Gasteiger partial charge in [0.05, 0.1) is 24.4 Å². The fourth-order valence-corrected chi connectivity index (χ4v) is 1.39. The number of anilines is 1. The van der Waals surface area contributed by atoms with Gasteiger partial charge in [-0.05, 0) is 24.3 Å². The third-order valence-electron chi connectivity index (χ3n) is 2.34. The number of pyridine rings is 1. The van der Waals surface area contributed by atoms with E-state index in [4.69, 9.17) is 20.5 Å². The van der Waals surface area contributed by atoms with E-state index in [1.165, 1.54) is 19.2 Å². The summed E-state index contributed by atoms with van der Waals surface area (Å²) in [6.45, 7) is 0. The van der Waals surface area contributed by atoms with Gasteiger partial charge in [0.1, 0.15) is 0 Å². The number of halogens is 1. The Morgan fingerprint density at radius 2 is 2.11 bits per heavy atom. The van der Waals surface area contributed by atoms with Gasteiger partial charge in [-0.25, -0.2) is 4.39 Å². The molecule has 19 heavy (non-hydrogen) atoms. The van der Waals surface area contributed by atoms with Gasteiger partial charge in [0.2, 0.25) is 11.8 Å². The number of rotatable bonds is 3. The molecule has 0 saturated heterocycles. The van der Waals surface area contributed by atoms with Gasteiger partial charge in [-0.3, -0.25) is 0 Å². The number of nitrogen functional groups attached to an aromatic ring is 1. The van der Waals surface area contributed by atoms with Crippen LogP contribution < -0.4 is 15.2 Å². The van der Waals surface area contributed by atoms with Crippen molar-refractivity contribution in [1.82, 2.24) is 4.98 Å². The summed E-state index contributed by atoms with van der Waals surface area (Å²) in [6, 6.07) is 8.80. The molecule has 1 aromatic heterocycles. The molecule has 0 aliphatic rings. The minimum Gasteiger partial charge on any atom is -0.481 e. The van der Waals surface area contributed by atoms with Crippen molar-refractivity contribution < 1.29 is 13.9 Å². The molecule has 96 valence electrons. The Kier molecular flexibility index (Phi) is 3.48. The molecule has 5 nitrogen and oxygen atoms in total. The van der Waals surface area contributed by atoms with E-state index in [2.05, 4.69) is 4.98 Å². The second kappa shape index (κ2) is 5.23. The molecule has 1 aromatic carbocycles. The summed E-state index contributed by atoms with van der Waals surface area (Å²) in [6.07, 6.45) is 0. The van der Waals surface area contributed by atoms with Crippen molar-refractivity contribution in [2.24, 2.45) is 0 Å². The monoisotopic (exact) mass is 259 g/mol. The number of nitriles is 1. The highest BCUT2D eigenvalue weighted by atomic mass is 19.1. The van der Waals surface area contributed by atoms with Crippen molar-refractivity contribution in [1.29, 1.82) is 5.26 Å². The zero-order valence-electron chi connectivity index (χ0n) is 10.1. The van der Waals surface area contributed by atoms with Crippen LogP contribution in [0.25, 0.3) is 0 Å². The Bertz CT molecular complexity index is 653. The average Bonchev–Trinajstić information content (AvgIpc) is 2.43. The van der Waals surface area contributed by atoms with Crippen LogP contribution in [0.5, 0.6) is 17.5 Å². The Morgan fingerprint density at radius 3 is 2.74 bits per heavy atom. The van der Waals surface area contributed by atoms with Crippen molar-refractivity contribution in [2.75, 3.05) is 12.8 Å². The molecule has 1 heterocycles. The lowest BCUT2D eigenvalue weighted by molar-refractivity contribution is 0.379. The molecule has 0 saturated carbocycles. The Balaban J connectivity index is 2.33. The lowest BCUT2D eigenvalue weighted by Gasteiger charge is -2.09. The summed E-state index contributed by atoms with van der Waals surface area (Å²) in [5, 5.41) is 8.65. The van der Waals surface area contributed by atoms with Gasteiger partial charge < -0.3 is 15.2 Å². The van der Waals surface area contributed by atoms with Crippen molar-refractivity contribution in [3.05, 3.63) is 41.7 Å². The minimum atomic E-state index is -0.664. The van der Waals surface area contributed by atoms with Crippen molar-refractivity contribution in [3.63, 3.8) is 0 Å². The van der Waals surface area contributed by atoms with E-state index >= 15 is 0 Å². The maximum atomic E-state index is 13.7. The molecule has 6 heteroatoms. The van der Waals surface area contributed by atoms with Crippen LogP contribution in [0.2, 0.25) is 0 Å². The smallest absolute Gasteiger partial charge is 0.246 e. The summed E-state index contributed by atoms with van der Waals surface area (Å²) < 4.78 is 23.9. The standard InChI is InChI=1S/C13H10FN3O2/c1-18-12-5-3-10(16)13(17-12)19-11-4-2-8(7-15)6-9(11)14/h2-6H,16H2,1H3. The Labute approximate surface area is 109 Å². The second-order valence-corrected chi connectivity index (χ2v) is 3.61. The van der Waals surface area contributed by atoms with Crippen LogP contribution in [0, 0.1) is 17.1 Å². The van der Waals surface area contributed by atoms with Gasteiger partial charge in [-0.1, -0.05) is 0 Å². The van der Waals surface area contributed by atoms with Gasteiger partial charge in [0, 0.05) is 6.07 Å². The predicted molar refractivity (Wildman–Crippen MR) is 66.4 cm³/mol. The molecule has 0 unspecified atom stereocenters. The number of aromatic nitrogens is 1. The maximum absolute atomic E-state index is 13.7. The quantitative estimate of drug-likeness (QED) is 0.915. The van der Waals surface area contributed by atoms with E-state index in [1.54, 1.807) is 12.1 Å². The largest absolute Gasteiger partial charge is 0.481 e. The summed E-state index contributed by atoms with van der Waals surface area (Å²) in [5.74, 6) is -0.379. The zero-order chi connectivity index (χ0) is 13.8. The van der Waals surface area contributed by atoms with Crippen LogP contribution in [0.1, 0.15) is 5.56 Å². The molecule has 0 aliphatic heterocycles. The van der Waals surface area contributed by atoms with Gasteiger partial charge in [-0.15, -0.1) is 0 Å². The molecule has 0 fully saturated rings. The molecule has 0 amide bonds. The van der Waals surface area contributed by atoms with E-state index in [0.717, 1.165) is 6.07 Å². The topological polar surface area (TPSA) is 81.2 Å². The van der Waals surface area contributed by atoms with Crippen molar-refractivity contribution >= 4 is 5.69 Å². The molecule has 0 aliphatic carbocycles. The van der Waals surface area contributed by atoms with Gasteiger partial charge in [-0.2, -0.15) is 10.2 Å². The van der Waals surface area contributed by atoms with Gasteiger partial charge in [0.15, 0.2) is 11.6 Å². The van der Waals surface area contributed by atoms with E-state index in [0.29, 0.717) is 5.88 Å². The molecule has 0 radical (unpaired) electrons. The molecule has 2 aromatic rings. The zero-order valence-corrected chi connectivity index (χ0v) is 10.1. The number of nitrogens with two attached hydrogens (primary N) is 1. The summed E-state index contributed by atoms with van der Waals surface area (Å²) in [4.78, 5) is 3.97. The van der Waals surface area contributed by atoms with E-state index in [-0.39, 0.29) is 22.9 Å². The molecule has 0 atom stereocenters. The third-order valence-corrected chi connectivity index (χ3v) is 2.34. The number of ether oxygens (including phenoxy) is 2. The first-order valence-corrected chi connectivity index (χ1v) is 5.32. The van der Waals surface area contributed by atoms with E-state index < -0.39 is 5.82 Å². The van der Waals surface area contributed by atoms with Crippen LogP contribution >= 0.6 is 0 Å². The van der Waals surface area contributed by atoms with Gasteiger partial charge >= 0.3 is 0 Å². The fraction of sp³-hybridized carbons (Fsp3) is 0.0769. The Morgan fingerprint density at radius 1 is 1.32 bits per heavy atom. The lowest BCUT2D eigenvalue weighted by Crippen LogP contribution is -1.98. The molecule has 0 spiro atoms. The maximum Gasteiger partial charge on any atom is 0.246 e. The molecule has 0 bridgehead atoms. The third kappa shape index (κ3) is 2.72. The predicted octanol–water partition coefficient (Wildman–Crippen LogP) is 2.48. The first-order chi connectivity index (χ1) is 9.13. The number of methoxy groups -OCH3 is 1. The highest BCUT2D eigenvalue weighted by molar-refractivity contribution is 5.51. The number of benzene rings is 1. The van der Waals surface area contributed by atoms with Crippen LogP contribution in [-0.2, 0) is 0 Å². The second-order valence-electron chi connectivity index (χ2n) is 3.61. The van der Waals surface area contributed by atoms with Crippen molar-refractivity contribution in [3.8, 4) is 23.6 Å². The number of hydrogen-bond acceptors (Lipinski definition) is 5.